The maximum atomic E-state index is 2.42. The summed E-state index contributed by atoms with van der Waals surface area (Å²) in [5.41, 5.74) is 7.69. The molecule has 0 unspecified atom stereocenters. The van der Waals surface area contributed by atoms with E-state index < -0.39 is 0 Å². The van der Waals surface area contributed by atoms with E-state index in [2.05, 4.69) is 135 Å². The van der Waals surface area contributed by atoms with Gasteiger partial charge in [-0.25, -0.2) is 0 Å². The zero-order valence-electron chi connectivity index (χ0n) is 21.2. The topological polar surface area (TPSA) is 6.48 Å². The molecule has 3 aromatic carbocycles. The van der Waals surface area contributed by atoms with Crippen molar-refractivity contribution >= 4 is 16.9 Å². The van der Waals surface area contributed by atoms with Crippen molar-refractivity contribution in [3.05, 3.63) is 114 Å². The molecule has 1 aliphatic rings. The first kappa shape index (κ1) is 23.9. The Balaban J connectivity index is 1.74. The quantitative estimate of drug-likeness (QED) is 0.329. The van der Waals surface area contributed by atoms with Crippen LogP contribution in [-0.4, -0.2) is 26.2 Å². The lowest BCUT2D eigenvalue weighted by Crippen LogP contribution is -2.27. The first-order chi connectivity index (χ1) is 16.6. The predicted octanol–water partition coefficient (Wildman–Crippen LogP) is 7.71. The molecule has 0 aliphatic heterocycles. The molecule has 0 atom stereocenters. The Morgan fingerprint density at radius 3 is 1.47 bits per heavy atom. The molecule has 1 aliphatic carbocycles. The van der Waals surface area contributed by atoms with Gasteiger partial charge in [-0.3, -0.25) is 0 Å². The summed E-state index contributed by atoms with van der Waals surface area (Å²) in [4.78, 5) is 4.80. The smallest absolute Gasteiger partial charge is 0.0419 e. The fraction of sp³-hybridized carbons (Fsp3) is 0.312. The molecule has 2 nitrogen and oxygen atoms in total. The molecule has 0 aromatic heterocycles. The maximum Gasteiger partial charge on any atom is 0.0419 e. The first-order valence-corrected chi connectivity index (χ1v) is 12.8. The molecule has 2 heteroatoms. The van der Waals surface area contributed by atoms with Gasteiger partial charge in [0.2, 0.25) is 0 Å². The molecule has 4 rings (SSSR count). The Bertz CT molecular complexity index is 1040. The largest absolute Gasteiger partial charge is 0.372 e. The van der Waals surface area contributed by atoms with Gasteiger partial charge in [0, 0.05) is 43.0 Å². The van der Waals surface area contributed by atoms with Crippen molar-refractivity contribution in [2.24, 2.45) is 0 Å². The van der Waals surface area contributed by atoms with Crippen molar-refractivity contribution in [3.8, 4) is 0 Å². The van der Waals surface area contributed by atoms with Crippen LogP contribution in [0, 0.1) is 0 Å². The minimum atomic E-state index is -0.165. The Hall–Kier alpha value is -3.26. The molecule has 0 saturated heterocycles. The van der Waals surface area contributed by atoms with E-state index >= 15 is 0 Å². The van der Waals surface area contributed by atoms with Gasteiger partial charge in [0.25, 0.3) is 0 Å². The lowest BCUT2D eigenvalue weighted by atomic mass is 9.69. The monoisotopic (exact) mass is 450 g/mol. The van der Waals surface area contributed by atoms with Crippen LogP contribution in [0.3, 0.4) is 0 Å². The molecule has 0 saturated carbocycles. The summed E-state index contributed by atoms with van der Waals surface area (Å²) >= 11 is 0. The van der Waals surface area contributed by atoms with Gasteiger partial charge in [0.05, 0.1) is 0 Å². The lowest BCUT2D eigenvalue weighted by Gasteiger charge is -2.35. The second kappa shape index (κ2) is 10.8. The van der Waals surface area contributed by atoms with Crippen LogP contribution in [0.2, 0.25) is 0 Å². The van der Waals surface area contributed by atoms with Crippen molar-refractivity contribution in [2.75, 3.05) is 36.0 Å². The van der Waals surface area contributed by atoms with Crippen LogP contribution >= 0.6 is 0 Å². The fourth-order valence-corrected chi connectivity index (χ4v) is 5.20. The Morgan fingerprint density at radius 1 is 0.618 bits per heavy atom. The highest BCUT2D eigenvalue weighted by molar-refractivity contribution is 5.76. The molecule has 3 aromatic rings. The van der Waals surface area contributed by atoms with Gasteiger partial charge in [0.15, 0.2) is 0 Å². The molecular formula is C32H38N2. The molecule has 176 valence electrons. The summed E-state index contributed by atoms with van der Waals surface area (Å²) in [6.07, 6.45) is 8.10. The zero-order valence-corrected chi connectivity index (χ0v) is 21.2. The van der Waals surface area contributed by atoms with Crippen molar-refractivity contribution in [1.82, 2.24) is 0 Å². The van der Waals surface area contributed by atoms with Gasteiger partial charge in [-0.2, -0.15) is 0 Å². The van der Waals surface area contributed by atoms with Crippen molar-refractivity contribution in [3.63, 3.8) is 0 Å². The van der Waals surface area contributed by atoms with E-state index in [1.165, 1.54) is 33.6 Å². The zero-order chi connectivity index (χ0) is 24.0. The van der Waals surface area contributed by atoms with E-state index in [-0.39, 0.29) is 5.41 Å². The van der Waals surface area contributed by atoms with Gasteiger partial charge < -0.3 is 9.80 Å². The van der Waals surface area contributed by atoms with E-state index in [0.29, 0.717) is 0 Å². The second-order valence-electron chi connectivity index (χ2n) is 8.97. The third-order valence-electron chi connectivity index (χ3n) is 7.32. The van der Waals surface area contributed by atoms with E-state index in [1.807, 2.05) is 0 Å². The van der Waals surface area contributed by atoms with Crippen LogP contribution in [0.25, 0.3) is 5.57 Å². The van der Waals surface area contributed by atoms with Crippen LogP contribution < -0.4 is 9.80 Å². The maximum absolute atomic E-state index is 2.42. The van der Waals surface area contributed by atoms with Crippen molar-refractivity contribution in [1.29, 1.82) is 0 Å². The molecular weight excluding hydrogens is 412 g/mol. The third-order valence-corrected chi connectivity index (χ3v) is 7.32. The molecule has 0 heterocycles. The summed E-state index contributed by atoms with van der Waals surface area (Å²) < 4.78 is 0. The molecule has 34 heavy (non-hydrogen) atoms. The number of anilines is 2. The van der Waals surface area contributed by atoms with E-state index in [4.69, 9.17) is 0 Å². The Kier molecular flexibility index (Phi) is 7.57. The number of hydrogen-bond donors (Lipinski definition) is 0. The Morgan fingerprint density at radius 2 is 1.09 bits per heavy atom. The van der Waals surface area contributed by atoms with Crippen LogP contribution in [0.15, 0.2) is 97.1 Å². The lowest BCUT2D eigenvalue weighted by molar-refractivity contribution is 0.649. The van der Waals surface area contributed by atoms with E-state index in [1.54, 1.807) is 0 Å². The molecule has 0 bridgehead atoms. The van der Waals surface area contributed by atoms with Crippen LogP contribution in [0.1, 0.15) is 50.8 Å². The first-order valence-electron chi connectivity index (χ1n) is 12.8. The number of nitrogens with zero attached hydrogens (tertiary/aromatic N) is 2. The van der Waals surface area contributed by atoms with E-state index in [9.17, 15) is 0 Å². The second-order valence-corrected chi connectivity index (χ2v) is 8.97. The Labute approximate surface area is 206 Å². The van der Waals surface area contributed by atoms with Gasteiger partial charge in [0.1, 0.15) is 0 Å². The molecule has 0 N–H and O–H groups in total. The summed E-state index contributed by atoms with van der Waals surface area (Å²) in [5.74, 6) is 0. The van der Waals surface area contributed by atoms with Gasteiger partial charge >= 0.3 is 0 Å². The van der Waals surface area contributed by atoms with E-state index in [0.717, 1.165) is 32.6 Å². The number of allylic oxidation sites excluding steroid dienone is 4. The minimum Gasteiger partial charge on any atom is -0.372 e. The molecule has 0 fully saturated rings. The predicted molar refractivity (Wildman–Crippen MR) is 149 cm³/mol. The van der Waals surface area contributed by atoms with Crippen molar-refractivity contribution < 1.29 is 0 Å². The highest BCUT2D eigenvalue weighted by Crippen LogP contribution is 2.43. The van der Waals surface area contributed by atoms with Gasteiger partial charge in [-0.15, -0.1) is 0 Å². The standard InChI is InChI=1S/C32H38N2/c1-5-33(6-2)30-18-14-28(15-19-30)32(29-16-20-31(21-17-29)34(7-3)8-4)24-22-27(23-25-32)26-12-10-9-11-13-26/h9-24H,5-8,25H2,1-4H3. The fourth-order valence-electron chi connectivity index (χ4n) is 5.20. The van der Waals surface area contributed by atoms with Crippen LogP contribution in [0.4, 0.5) is 11.4 Å². The summed E-state index contributed by atoms with van der Waals surface area (Å²) in [5, 5.41) is 0. The summed E-state index contributed by atoms with van der Waals surface area (Å²) in [6, 6.07) is 29.2. The highest BCUT2D eigenvalue weighted by Gasteiger charge is 2.33. The minimum absolute atomic E-state index is 0.165. The summed E-state index contributed by atoms with van der Waals surface area (Å²) in [7, 11) is 0. The summed E-state index contributed by atoms with van der Waals surface area (Å²) in [6.45, 7) is 13.0. The normalized spacial score (nSPS) is 14.5. The van der Waals surface area contributed by atoms with Crippen LogP contribution in [-0.2, 0) is 5.41 Å². The average Bonchev–Trinajstić information content (AvgIpc) is 2.91. The molecule has 0 spiro atoms. The van der Waals surface area contributed by atoms with Gasteiger partial charge in [-0.05, 0) is 80.6 Å². The highest BCUT2D eigenvalue weighted by atomic mass is 15.1. The third kappa shape index (κ3) is 4.68. The van der Waals surface area contributed by atoms with Gasteiger partial charge in [-0.1, -0.05) is 72.8 Å². The van der Waals surface area contributed by atoms with Crippen LogP contribution in [0.5, 0.6) is 0 Å². The number of benzene rings is 3. The average molecular weight is 451 g/mol. The SMILES string of the molecule is CCN(CC)c1ccc(C2(c3ccc(N(CC)CC)cc3)C=CC(c3ccccc3)=CC2)cc1. The number of hydrogen-bond acceptors (Lipinski definition) is 2. The number of rotatable bonds is 9. The van der Waals surface area contributed by atoms with Crippen molar-refractivity contribution in [2.45, 2.75) is 39.5 Å². The molecule has 0 radical (unpaired) electrons. The molecule has 0 amide bonds.